The summed E-state index contributed by atoms with van der Waals surface area (Å²) in [5.74, 6) is -1.72. The van der Waals surface area contributed by atoms with Gasteiger partial charge in [0.25, 0.3) is 0 Å². The van der Waals surface area contributed by atoms with Gasteiger partial charge in [-0.25, -0.2) is 0 Å². The van der Waals surface area contributed by atoms with Crippen LogP contribution in [0.3, 0.4) is 0 Å². The second-order valence-corrected chi connectivity index (χ2v) is 8.78. The average molecular weight is 417 g/mol. The highest BCUT2D eigenvalue weighted by Crippen LogP contribution is 2.36. The quantitative estimate of drug-likeness (QED) is 0.179. The molecule has 0 saturated carbocycles. The number of aliphatic hydroxyl groups excluding tert-OH is 3. The molecule has 0 heterocycles. The second-order valence-electron chi connectivity index (χ2n) is 8.78. The van der Waals surface area contributed by atoms with Gasteiger partial charge in [-0.1, -0.05) is 96.8 Å². The summed E-state index contributed by atoms with van der Waals surface area (Å²) in [6.45, 7) is 1.46. The van der Waals surface area contributed by atoms with Crippen molar-refractivity contribution in [1.29, 1.82) is 0 Å². The van der Waals surface area contributed by atoms with Crippen molar-refractivity contribution in [2.45, 2.75) is 116 Å². The van der Waals surface area contributed by atoms with Crippen molar-refractivity contribution in [2.24, 2.45) is 11.3 Å². The molecule has 4 N–H and O–H groups in total. The summed E-state index contributed by atoms with van der Waals surface area (Å²) in [5, 5.41) is 38.1. The maximum Gasteiger partial charge on any atom is 0.307 e. The van der Waals surface area contributed by atoms with E-state index in [0.717, 1.165) is 19.3 Å². The highest BCUT2D eigenvalue weighted by molar-refractivity contribution is 5.71. The first-order chi connectivity index (χ1) is 14.1. The van der Waals surface area contributed by atoms with Gasteiger partial charge in [0.1, 0.15) is 0 Å². The zero-order chi connectivity index (χ0) is 21.8. The van der Waals surface area contributed by atoms with Gasteiger partial charge in [-0.2, -0.15) is 0 Å². The Morgan fingerprint density at radius 2 is 1.10 bits per heavy atom. The fraction of sp³-hybridized carbons (Fsp3) is 0.958. The Labute approximate surface area is 178 Å². The molecule has 1 atom stereocenters. The van der Waals surface area contributed by atoms with Crippen LogP contribution >= 0.6 is 0 Å². The van der Waals surface area contributed by atoms with Gasteiger partial charge in [0.15, 0.2) is 0 Å². The van der Waals surface area contributed by atoms with E-state index in [1.807, 2.05) is 0 Å². The van der Waals surface area contributed by atoms with E-state index in [1.165, 1.54) is 70.6 Å². The smallest absolute Gasteiger partial charge is 0.307 e. The fourth-order valence-corrected chi connectivity index (χ4v) is 4.27. The lowest BCUT2D eigenvalue weighted by Gasteiger charge is -2.35. The summed E-state index contributed by atoms with van der Waals surface area (Å²) >= 11 is 0. The molecule has 5 heteroatoms. The predicted octanol–water partition coefficient (Wildman–Crippen LogP) is 5.30. The SMILES string of the molecule is CCCCCCCCCCCCCCCCC(C(=O)O)C(CO)(CO)CCCO. The van der Waals surface area contributed by atoms with Crippen molar-refractivity contribution in [3.05, 3.63) is 0 Å². The van der Waals surface area contributed by atoms with E-state index in [4.69, 9.17) is 5.11 Å². The van der Waals surface area contributed by atoms with Crippen LogP contribution in [0.2, 0.25) is 0 Å². The van der Waals surface area contributed by atoms with Crippen molar-refractivity contribution < 1.29 is 25.2 Å². The second kappa shape index (κ2) is 19.3. The molecule has 0 fully saturated rings. The summed E-state index contributed by atoms with van der Waals surface area (Å²) < 4.78 is 0. The maximum atomic E-state index is 11.7. The van der Waals surface area contributed by atoms with Crippen molar-refractivity contribution in [3.63, 3.8) is 0 Å². The Hall–Kier alpha value is -0.650. The summed E-state index contributed by atoms with van der Waals surface area (Å²) in [6.07, 6.45) is 18.7. The molecule has 0 aliphatic heterocycles. The number of unbranched alkanes of at least 4 members (excludes halogenated alkanes) is 13. The number of rotatable bonds is 22. The number of aliphatic carboxylic acids is 1. The first kappa shape index (κ1) is 28.4. The Morgan fingerprint density at radius 1 is 0.690 bits per heavy atom. The number of aliphatic hydroxyl groups is 3. The van der Waals surface area contributed by atoms with Gasteiger partial charge in [-0.15, -0.1) is 0 Å². The number of carbonyl (C=O) groups is 1. The van der Waals surface area contributed by atoms with Gasteiger partial charge in [0.2, 0.25) is 0 Å². The molecule has 0 aromatic heterocycles. The van der Waals surface area contributed by atoms with Gasteiger partial charge in [0, 0.05) is 12.0 Å². The van der Waals surface area contributed by atoms with Gasteiger partial charge >= 0.3 is 5.97 Å². The van der Waals surface area contributed by atoms with Crippen LogP contribution in [0.15, 0.2) is 0 Å². The minimum Gasteiger partial charge on any atom is -0.481 e. The van der Waals surface area contributed by atoms with E-state index < -0.39 is 17.3 Å². The minimum atomic E-state index is -1.04. The minimum absolute atomic E-state index is 0.0626. The van der Waals surface area contributed by atoms with Crippen LogP contribution in [-0.4, -0.2) is 46.2 Å². The van der Waals surface area contributed by atoms with E-state index in [0.29, 0.717) is 19.3 Å². The molecule has 174 valence electrons. The largest absolute Gasteiger partial charge is 0.481 e. The van der Waals surface area contributed by atoms with E-state index >= 15 is 0 Å². The molecule has 0 aliphatic carbocycles. The van der Waals surface area contributed by atoms with Gasteiger partial charge in [-0.05, 0) is 19.3 Å². The topological polar surface area (TPSA) is 98.0 Å². The third-order valence-electron chi connectivity index (χ3n) is 6.35. The molecule has 0 amide bonds. The Morgan fingerprint density at radius 3 is 1.45 bits per heavy atom. The molecule has 0 aliphatic rings. The molecule has 0 rings (SSSR count). The summed E-state index contributed by atoms with van der Waals surface area (Å²) in [6, 6.07) is 0. The highest BCUT2D eigenvalue weighted by atomic mass is 16.4. The number of hydrogen-bond acceptors (Lipinski definition) is 4. The fourth-order valence-electron chi connectivity index (χ4n) is 4.27. The molecule has 0 aromatic rings. The van der Waals surface area contributed by atoms with Crippen molar-refractivity contribution >= 4 is 5.97 Å². The number of hydrogen-bond donors (Lipinski definition) is 4. The molecular weight excluding hydrogens is 368 g/mol. The molecular formula is C24H48O5. The average Bonchev–Trinajstić information content (AvgIpc) is 2.72. The van der Waals surface area contributed by atoms with Gasteiger partial charge < -0.3 is 20.4 Å². The van der Waals surface area contributed by atoms with Gasteiger partial charge in [0.05, 0.1) is 19.1 Å². The van der Waals surface area contributed by atoms with E-state index in [1.54, 1.807) is 0 Å². The highest BCUT2D eigenvalue weighted by Gasteiger charge is 2.41. The number of carboxylic acid groups (broad SMARTS) is 1. The maximum absolute atomic E-state index is 11.7. The van der Waals surface area contributed by atoms with E-state index in [2.05, 4.69) is 6.92 Å². The Balaban J connectivity index is 3.85. The first-order valence-corrected chi connectivity index (χ1v) is 12.1. The standard InChI is InChI=1S/C24H48O5/c1-2-3-4-5-6-7-8-9-10-11-12-13-14-15-17-22(23(28)29)24(20-26,21-27)18-16-19-25/h22,25-27H,2-21H2,1H3,(H,28,29). The molecule has 0 bridgehead atoms. The molecule has 0 saturated heterocycles. The van der Waals surface area contributed by atoms with Crippen LogP contribution in [0, 0.1) is 11.3 Å². The summed E-state index contributed by atoms with van der Waals surface area (Å²) in [5.41, 5.74) is -1.04. The molecule has 1 unspecified atom stereocenters. The van der Waals surface area contributed by atoms with Crippen molar-refractivity contribution in [3.8, 4) is 0 Å². The van der Waals surface area contributed by atoms with Crippen molar-refractivity contribution in [2.75, 3.05) is 19.8 Å². The first-order valence-electron chi connectivity index (χ1n) is 12.1. The van der Waals surface area contributed by atoms with E-state index in [9.17, 15) is 20.1 Å². The molecule has 0 aromatic carbocycles. The summed E-state index contributed by atoms with van der Waals surface area (Å²) in [7, 11) is 0. The lowest BCUT2D eigenvalue weighted by atomic mass is 9.71. The lowest BCUT2D eigenvalue weighted by molar-refractivity contribution is -0.151. The third kappa shape index (κ3) is 13.3. The zero-order valence-corrected chi connectivity index (χ0v) is 18.9. The Bertz CT molecular complexity index is 368. The predicted molar refractivity (Wildman–Crippen MR) is 119 cm³/mol. The molecule has 0 spiro atoms. The summed E-state index contributed by atoms with van der Waals surface area (Å²) in [4.78, 5) is 11.7. The van der Waals surface area contributed by atoms with Crippen LogP contribution in [0.1, 0.15) is 116 Å². The molecule has 0 radical (unpaired) electrons. The monoisotopic (exact) mass is 416 g/mol. The normalized spacial score (nSPS) is 13.0. The zero-order valence-electron chi connectivity index (χ0n) is 18.9. The van der Waals surface area contributed by atoms with Crippen LogP contribution < -0.4 is 0 Å². The van der Waals surface area contributed by atoms with Crippen LogP contribution in [0.5, 0.6) is 0 Å². The lowest BCUT2D eigenvalue weighted by Crippen LogP contribution is -2.42. The molecule has 5 nitrogen and oxygen atoms in total. The van der Waals surface area contributed by atoms with Crippen LogP contribution in [0.25, 0.3) is 0 Å². The Kier molecular flexibility index (Phi) is 18.9. The van der Waals surface area contributed by atoms with Gasteiger partial charge in [-0.3, -0.25) is 4.79 Å². The molecule has 29 heavy (non-hydrogen) atoms. The van der Waals surface area contributed by atoms with Crippen LogP contribution in [0.4, 0.5) is 0 Å². The van der Waals surface area contributed by atoms with E-state index in [-0.39, 0.29) is 19.8 Å². The number of carboxylic acids is 1. The third-order valence-corrected chi connectivity index (χ3v) is 6.35. The van der Waals surface area contributed by atoms with Crippen molar-refractivity contribution in [1.82, 2.24) is 0 Å². The van der Waals surface area contributed by atoms with Crippen LogP contribution in [-0.2, 0) is 4.79 Å².